The molecule has 2 unspecified atom stereocenters. The zero-order chi connectivity index (χ0) is 48.7. The first-order valence-corrected chi connectivity index (χ1v) is 24.9. The standard InChI is InChI=1S/C51H53Cl3N4O10S/c1-7-16-63-45-28(3)46-48(68-26-67-46)42-34(45)19-38-43-41-29(17-27(2)44(62-6)47(41)66-25-61-5)18-37(57(43)4)39(20-55)58(38)40(42)21-64-49(59)36(56-50(60)65-24-51(52,53)54)23-69-22-35-32-14-10-8-12-30(32)31-13-9-11-15-33(31)35/h7-15,17,35-40,43H,1,16,18-19,21-26H2,2-6H3,(H,56,60)/t36-,37-,38?,39?,40+,43-/m1/s1. The van der Waals surface area contributed by atoms with Crippen molar-refractivity contribution in [3.63, 3.8) is 0 Å². The lowest BCUT2D eigenvalue weighted by Crippen LogP contribution is -2.68. The molecule has 14 nitrogen and oxygen atoms in total. The predicted octanol–water partition coefficient (Wildman–Crippen LogP) is 8.91. The van der Waals surface area contributed by atoms with Crippen molar-refractivity contribution in [3.8, 4) is 45.9 Å². The van der Waals surface area contributed by atoms with Gasteiger partial charge in [0.25, 0.3) is 0 Å². The van der Waals surface area contributed by atoms with E-state index in [1.54, 1.807) is 20.3 Å². The number of esters is 1. The lowest BCUT2D eigenvalue weighted by Gasteiger charge is -2.60. The summed E-state index contributed by atoms with van der Waals surface area (Å²) in [6.07, 6.45) is 1.64. The van der Waals surface area contributed by atoms with Gasteiger partial charge in [-0.25, -0.2) is 9.59 Å². The molecule has 9 rings (SSSR count). The molecule has 4 heterocycles. The minimum absolute atomic E-state index is 0.0162. The first kappa shape index (κ1) is 49.0. The van der Waals surface area contributed by atoms with E-state index in [-0.39, 0.29) is 50.6 Å². The zero-order valence-electron chi connectivity index (χ0n) is 38.9. The largest absolute Gasteiger partial charge is 0.493 e. The van der Waals surface area contributed by atoms with Crippen LogP contribution >= 0.6 is 46.6 Å². The molecule has 0 spiro atoms. The molecule has 0 saturated carbocycles. The number of ether oxygens (including phenoxy) is 8. The van der Waals surface area contributed by atoms with Crippen LogP contribution in [-0.4, -0.2) is 116 Å². The van der Waals surface area contributed by atoms with Crippen LogP contribution < -0.4 is 29.0 Å². The first-order chi connectivity index (χ1) is 33.3. The van der Waals surface area contributed by atoms with Gasteiger partial charge >= 0.3 is 12.1 Å². The van der Waals surface area contributed by atoms with Gasteiger partial charge in [0.2, 0.25) is 10.6 Å². The van der Waals surface area contributed by atoms with Crippen LogP contribution in [0.4, 0.5) is 4.79 Å². The zero-order valence-corrected chi connectivity index (χ0v) is 41.9. The van der Waals surface area contributed by atoms with Gasteiger partial charge in [0.1, 0.15) is 37.7 Å². The summed E-state index contributed by atoms with van der Waals surface area (Å²) >= 11 is 19.3. The van der Waals surface area contributed by atoms with Gasteiger partial charge in [0, 0.05) is 58.9 Å². The minimum atomic E-state index is -1.88. The second-order valence-electron chi connectivity index (χ2n) is 17.7. The summed E-state index contributed by atoms with van der Waals surface area (Å²) in [5, 5.41) is 14.0. The van der Waals surface area contributed by atoms with Crippen molar-refractivity contribution in [2.45, 2.75) is 72.7 Å². The second kappa shape index (κ2) is 20.4. The summed E-state index contributed by atoms with van der Waals surface area (Å²) in [7, 11) is 5.22. The fourth-order valence-corrected chi connectivity index (χ4v) is 12.4. The number of fused-ring (bicyclic) bond motifs is 12. The van der Waals surface area contributed by atoms with Crippen LogP contribution in [0.1, 0.15) is 62.5 Å². The Morgan fingerprint density at radius 3 is 2.35 bits per heavy atom. The number of hydrogen-bond acceptors (Lipinski definition) is 14. The Labute approximate surface area is 420 Å². The number of carbonyl (C=O) groups is 2. The molecule has 1 N–H and O–H groups in total. The van der Waals surface area contributed by atoms with Crippen LogP contribution in [0.25, 0.3) is 11.1 Å². The molecule has 18 heteroatoms. The molecular formula is C51H53Cl3N4O10S. The lowest BCUT2D eigenvalue weighted by atomic mass is 9.71. The molecule has 1 amide bonds. The molecule has 4 aromatic carbocycles. The molecule has 0 radical (unpaired) electrons. The van der Waals surface area contributed by atoms with Crippen LogP contribution in [0.5, 0.6) is 28.7 Å². The number of alkyl carbamates (subject to hydrolysis) is 1. The van der Waals surface area contributed by atoms with E-state index in [0.717, 1.165) is 27.8 Å². The highest BCUT2D eigenvalue weighted by atomic mass is 35.6. The summed E-state index contributed by atoms with van der Waals surface area (Å²) in [6.45, 7) is 7.17. The Morgan fingerprint density at radius 2 is 1.68 bits per heavy atom. The SMILES string of the molecule is C=CCOc1c(C)c2c(c3c1CC1[C@@H]4c5c(cc(C)c(OC)c5OCOC)C[C@H](C(C#N)N1[C@H]3COC(=O)[C@@H](CSCC1c3ccccc3-c3ccccc31)NC(=O)OCC(Cl)(Cl)Cl)N4C)OCO2. The van der Waals surface area contributed by atoms with Crippen molar-refractivity contribution >= 4 is 58.6 Å². The number of alkyl halides is 3. The molecule has 1 fully saturated rings. The summed E-state index contributed by atoms with van der Waals surface area (Å²) in [6, 6.07) is 17.7. The Hall–Kier alpha value is -5.05. The number of benzene rings is 4. The van der Waals surface area contributed by atoms with E-state index in [0.29, 0.717) is 52.9 Å². The molecule has 69 heavy (non-hydrogen) atoms. The third-order valence-electron chi connectivity index (χ3n) is 13.8. The molecule has 0 aromatic heterocycles. The number of nitrogens with zero attached hydrogens (tertiary/aromatic N) is 3. The lowest BCUT2D eigenvalue weighted by molar-refractivity contribution is -0.150. The highest BCUT2D eigenvalue weighted by molar-refractivity contribution is 7.99. The van der Waals surface area contributed by atoms with E-state index in [4.69, 9.17) is 72.7 Å². The fraction of sp³-hybridized carbons (Fsp3) is 0.431. The number of methoxy groups -OCH3 is 2. The average molecular weight is 1020 g/mol. The Bertz CT molecular complexity index is 2650. The number of halogens is 3. The van der Waals surface area contributed by atoms with E-state index in [1.165, 1.54) is 34.0 Å². The van der Waals surface area contributed by atoms with Gasteiger partial charge in [0.15, 0.2) is 29.8 Å². The number of rotatable bonds is 16. The molecule has 6 atom stereocenters. The van der Waals surface area contributed by atoms with Gasteiger partial charge in [-0.3, -0.25) is 9.80 Å². The Morgan fingerprint density at radius 1 is 0.971 bits per heavy atom. The quantitative estimate of drug-likeness (QED) is 0.0493. The van der Waals surface area contributed by atoms with Crippen LogP contribution in [0.15, 0.2) is 67.3 Å². The molecule has 5 aliphatic rings. The number of carbonyl (C=O) groups excluding carboxylic acids is 2. The summed E-state index contributed by atoms with van der Waals surface area (Å²) in [4.78, 5) is 32.5. The van der Waals surface area contributed by atoms with Crippen LogP contribution in [0.2, 0.25) is 0 Å². The van der Waals surface area contributed by atoms with Crippen molar-refractivity contribution in [2.75, 3.05) is 66.2 Å². The van der Waals surface area contributed by atoms with E-state index < -0.39 is 46.6 Å². The highest BCUT2D eigenvalue weighted by Gasteiger charge is 2.57. The van der Waals surface area contributed by atoms with E-state index >= 15 is 0 Å². The number of nitrogens with one attached hydrogen (secondary N) is 1. The minimum Gasteiger partial charge on any atom is -0.493 e. The molecule has 364 valence electrons. The van der Waals surface area contributed by atoms with E-state index in [2.05, 4.69) is 58.1 Å². The fourth-order valence-electron chi connectivity index (χ4n) is 11.1. The van der Waals surface area contributed by atoms with Crippen molar-refractivity contribution in [1.29, 1.82) is 5.26 Å². The third-order valence-corrected chi connectivity index (χ3v) is 15.2. The number of aryl methyl sites for hydroxylation is 1. The molecule has 1 aliphatic carbocycles. The van der Waals surface area contributed by atoms with Gasteiger partial charge in [-0.05, 0) is 67.1 Å². The third kappa shape index (κ3) is 9.14. The molecule has 2 bridgehead atoms. The summed E-state index contributed by atoms with van der Waals surface area (Å²) < 4.78 is 46.5. The molecular weight excluding hydrogens is 967 g/mol. The maximum Gasteiger partial charge on any atom is 0.408 e. The van der Waals surface area contributed by atoms with Gasteiger partial charge < -0.3 is 43.2 Å². The Balaban J connectivity index is 1.09. The van der Waals surface area contributed by atoms with Gasteiger partial charge in [-0.15, -0.1) is 0 Å². The van der Waals surface area contributed by atoms with Crippen molar-refractivity contribution in [1.82, 2.24) is 15.1 Å². The molecule has 4 aromatic rings. The van der Waals surface area contributed by atoms with E-state index in [1.807, 2.05) is 45.2 Å². The van der Waals surface area contributed by atoms with Crippen molar-refractivity contribution in [2.24, 2.45) is 0 Å². The number of nitriles is 1. The van der Waals surface area contributed by atoms with Crippen LogP contribution in [0, 0.1) is 25.2 Å². The first-order valence-electron chi connectivity index (χ1n) is 22.6. The van der Waals surface area contributed by atoms with E-state index in [9.17, 15) is 14.9 Å². The predicted molar refractivity (Wildman–Crippen MR) is 263 cm³/mol. The van der Waals surface area contributed by atoms with Gasteiger partial charge in [-0.1, -0.05) is 102 Å². The number of hydrogen-bond donors (Lipinski definition) is 1. The summed E-state index contributed by atoms with van der Waals surface area (Å²) in [5.74, 6) is 2.80. The number of piperazine rings is 1. The van der Waals surface area contributed by atoms with Gasteiger partial charge in [0.05, 0.1) is 25.3 Å². The highest BCUT2D eigenvalue weighted by Crippen LogP contribution is 2.59. The van der Waals surface area contributed by atoms with Crippen LogP contribution in [0.3, 0.4) is 0 Å². The number of thioether (sulfide) groups is 1. The molecule has 4 aliphatic heterocycles. The normalized spacial score (nSPS) is 21.3. The smallest absolute Gasteiger partial charge is 0.408 e. The maximum absolute atomic E-state index is 14.7. The molecule has 1 saturated heterocycles. The van der Waals surface area contributed by atoms with Crippen molar-refractivity contribution < 1.29 is 47.5 Å². The Kier molecular flexibility index (Phi) is 14.4. The van der Waals surface area contributed by atoms with Crippen LogP contribution in [-0.2, 0) is 31.8 Å². The second-order valence-corrected chi connectivity index (χ2v) is 21.3. The maximum atomic E-state index is 14.7. The topological polar surface area (TPSA) is 150 Å². The number of likely N-dealkylation sites (N-methyl/N-ethyl adjacent to an activating group) is 1. The van der Waals surface area contributed by atoms with Crippen molar-refractivity contribution in [3.05, 3.63) is 112 Å². The monoisotopic (exact) mass is 1020 g/mol. The summed E-state index contributed by atoms with van der Waals surface area (Å²) in [5.41, 5.74) is 9.85. The number of amides is 1. The van der Waals surface area contributed by atoms with Gasteiger partial charge in [-0.2, -0.15) is 17.0 Å². The average Bonchev–Trinajstić information content (AvgIpc) is 3.95.